The van der Waals surface area contributed by atoms with E-state index in [1.165, 1.54) is 19.3 Å². The number of tetrazole rings is 1. The van der Waals surface area contributed by atoms with E-state index in [2.05, 4.69) is 34.7 Å². The van der Waals surface area contributed by atoms with Crippen molar-refractivity contribution in [3.8, 4) is 0 Å². The molecule has 19 heavy (non-hydrogen) atoms. The fourth-order valence-corrected chi connectivity index (χ4v) is 3.11. The third-order valence-corrected chi connectivity index (χ3v) is 4.35. The van der Waals surface area contributed by atoms with E-state index in [0.29, 0.717) is 25.1 Å². The van der Waals surface area contributed by atoms with Gasteiger partial charge in [-0.05, 0) is 35.1 Å². The summed E-state index contributed by atoms with van der Waals surface area (Å²) in [5.74, 6) is 2.40. The summed E-state index contributed by atoms with van der Waals surface area (Å²) in [6.45, 7) is 6.84. The van der Waals surface area contributed by atoms with Gasteiger partial charge in [0.25, 0.3) is 0 Å². The van der Waals surface area contributed by atoms with Gasteiger partial charge in [0.2, 0.25) is 0 Å². The number of hydrogen-bond donors (Lipinski definition) is 1. The van der Waals surface area contributed by atoms with E-state index in [1.807, 2.05) is 4.68 Å². The number of aromatic nitrogens is 4. The molecule has 0 aromatic carbocycles. The number of nitrogens with one attached hydrogen (secondary N) is 1. The van der Waals surface area contributed by atoms with Crippen LogP contribution in [-0.4, -0.2) is 40.5 Å². The van der Waals surface area contributed by atoms with Gasteiger partial charge >= 0.3 is 0 Å². The molecule has 0 amide bonds. The SMILES string of the molecule is CCC1CCC(n2nnnc2CNCCOC)C1C. The van der Waals surface area contributed by atoms with Crippen molar-refractivity contribution in [2.75, 3.05) is 20.3 Å². The molecule has 1 aliphatic carbocycles. The first-order valence-electron chi connectivity index (χ1n) is 7.24. The number of methoxy groups -OCH3 is 1. The Morgan fingerprint density at radius 1 is 1.42 bits per heavy atom. The van der Waals surface area contributed by atoms with E-state index >= 15 is 0 Å². The average molecular weight is 267 g/mol. The van der Waals surface area contributed by atoms with Crippen molar-refractivity contribution in [3.05, 3.63) is 5.82 Å². The van der Waals surface area contributed by atoms with Gasteiger partial charge in [-0.2, -0.15) is 0 Å². The van der Waals surface area contributed by atoms with Crippen LogP contribution in [0.1, 0.15) is 45.0 Å². The first-order valence-corrected chi connectivity index (χ1v) is 7.24. The molecule has 1 heterocycles. The lowest BCUT2D eigenvalue weighted by Gasteiger charge is -2.20. The second kappa shape index (κ2) is 6.96. The molecule has 0 radical (unpaired) electrons. The molecular weight excluding hydrogens is 242 g/mol. The Hall–Kier alpha value is -1.01. The van der Waals surface area contributed by atoms with Crippen LogP contribution in [0.15, 0.2) is 0 Å². The van der Waals surface area contributed by atoms with Crippen LogP contribution >= 0.6 is 0 Å². The Morgan fingerprint density at radius 2 is 2.26 bits per heavy atom. The molecule has 3 unspecified atom stereocenters. The minimum atomic E-state index is 0.458. The first-order chi connectivity index (χ1) is 9.27. The van der Waals surface area contributed by atoms with Crippen LogP contribution < -0.4 is 5.32 Å². The van der Waals surface area contributed by atoms with Gasteiger partial charge < -0.3 is 10.1 Å². The van der Waals surface area contributed by atoms with Gasteiger partial charge in [0.05, 0.1) is 19.2 Å². The quantitative estimate of drug-likeness (QED) is 0.757. The Balaban J connectivity index is 1.95. The molecule has 108 valence electrons. The Labute approximate surface area is 114 Å². The lowest BCUT2D eigenvalue weighted by molar-refractivity contribution is 0.198. The van der Waals surface area contributed by atoms with Crippen LogP contribution in [0.2, 0.25) is 0 Å². The summed E-state index contributed by atoms with van der Waals surface area (Å²) < 4.78 is 7.04. The lowest BCUT2D eigenvalue weighted by Crippen LogP contribution is -2.24. The zero-order valence-electron chi connectivity index (χ0n) is 12.2. The van der Waals surface area contributed by atoms with Crippen LogP contribution in [-0.2, 0) is 11.3 Å². The molecule has 0 saturated heterocycles. The average Bonchev–Trinajstić information content (AvgIpc) is 3.01. The predicted molar refractivity (Wildman–Crippen MR) is 72.6 cm³/mol. The topological polar surface area (TPSA) is 64.9 Å². The molecule has 0 spiro atoms. The van der Waals surface area contributed by atoms with Crippen LogP contribution in [0, 0.1) is 11.8 Å². The van der Waals surface area contributed by atoms with E-state index in [1.54, 1.807) is 7.11 Å². The fourth-order valence-electron chi connectivity index (χ4n) is 3.11. The standard InChI is InChI=1S/C13H25N5O/c1-4-11-5-6-12(10(11)2)18-13(15-16-17-18)9-14-7-8-19-3/h10-12,14H,4-9H2,1-3H3. The van der Waals surface area contributed by atoms with Crippen molar-refractivity contribution in [2.45, 2.75) is 45.7 Å². The molecule has 2 rings (SSSR count). The van der Waals surface area contributed by atoms with Gasteiger partial charge in [-0.15, -0.1) is 5.10 Å². The van der Waals surface area contributed by atoms with E-state index in [-0.39, 0.29) is 0 Å². The van der Waals surface area contributed by atoms with Gasteiger partial charge in [-0.25, -0.2) is 4.68 Å². The maximum atomic E-state index is 5.02. The van der Waals surface area contributed by atoms with Crippen LogP contribution in [0.3, 0.4) is 0 Å². The molecule has 3 atom stereocenters. The third kappa shape index (κ3) is 3.30. The van der Waals surface area contributed by atoms with Crippen molar-refractivity contribution in [1.82, 2.24) is 25.5 Å². The van der Waals surface area contributed by atoms with Gasteiger partial charge in [0.1, 0.15) is 0 Å². The minimum Gasteiger partial charge on any atom is -0.383 e. The van der Waals surface area contributed by atoms with Gasteiger partial charge in [0.15, 0.2) is 5.82 Å². The van der Waals surface area contributed by atoms with Crippen molar-refractivity contribution in [2.24, 2.45) is 11.8 Å². The van der Waals surface area contributed by atoms with Gasteiger partial charge in [-0.1, -0.05) is 20.3 Å². The van der Waals surface area contributed by atoms with Crippen LogP contribution in [0.4, 0.5) is 0 Å². The van der Waals surface area contributed by atoms with Crippen molar-refractivity contribution >= 4 is 0 Å². The number of hydrogen-bond acceptors (Lipinski definition) is 5. The number of nitrogens with zero attached hydrogens (tertiary/aromatic N) is 4. The van der Waals surface area contributed by atoms with Crippen molar-refractivity contribution in [3.63, 3.8) is 0 Å². The van der Waals surface area contributed by atoms with Crippen molar-refractivity contribution < 1.29 is 4.74 Å². The maximum Gasteiger partial charge on any atom is 0.165 e. The summed E-state index contributed by atoms with van der Waals surface area (Å²) >= 11 is 0. The summed E-state index contributed by atoms with van der Waals surface area (Å²) in [7, 11) is 1.71. The van der Waals surface area contributed by atoms with E-state index in [4.69, 9.17) is 4.74 Å². The van der Waals surface area contributed by atoms with E-state index < -0.39 is 0 Å². The first kappa shape index (κ1) is 14.4. The molecule has 0 bridgehead atoms. The molecule has 6 heteroatoms. The zero-order valence-corrected chi connectivity index (χ0v) is 12.2. The highest BCUT2D eigenvalue weighted by Crippen LogP contribution is 2.41. The Morgan fingerprint density at radius 3 is 2.95 bits per heavy atom. The molecule has 6 nitrogen and oxygen atoms in total. The molecular formula is C13H25N5O. The smallest absolute Gasteiger partial charge is 0.165 e. The van der Waals surface area contributed by atoms with E-state index in [9.17, 15) is 0 Å². The Kier molecular flexibility index (Phi) is 5.27. The third-order valence-electron chi connectivity index (χ3n) is 4.35. The minimum absolute atomic E-state index is 0.458. The highest BCUT2D eigenvalue weighted by atomic mass is 16.5. The maximum absolute atomic E-state index is 5.02. The lowest BCUT2D eigenvalue weighted by atomic mass is 9.93. The number of rotatable bonds is 7. The fraction of sp³-hybridized carbons (Fsp3) is 0.923. The summed E-state index contributed by atoms with van der Waals surface area (Å²) in [5.41, 5.74) is 0. The summed E-state index contributed by atoms with van der Waals surface area (Å²) in [6, 6.07) is 0.458. The van der Waals surface area contributed by atoms with Crippen LogP contribution in [0.5, 0.6) is 0 Å². The number of ether oxygens (including phenoxy) is 1. The second-order valence-corrected chi connectivity index (χ2v) is 5.38. The predicted octanol–water partition coefficient (Wildman–Crippen LogP) is 1.41. The summed E-state index contributed by atoms with van der Waals surface area (Å²) in [6.07, 6.45) is 3.73. The molecule has 1 aromatic heterocycles. The molecule has 1 saturated carbocycles. The highest BCUT2D eigenvalue weighted by Gasteiger charge is 2.34. The molecule has 1 aliphatic rings. The summed E-state index contributed by atoms with van der Waals surface area (Å²) in [4.78, 5) is 0. The van der Waals surface area contributed by atoms with Gasteiger partial charge in [-0.3, -0.25) is 0 Å². The highest BCUT2D eigenvalue weighted by molar-refractivity contribution is 4.91. The van der Waals surface area contributed by atoms with E-state index in [0.717, 1.165) is 18.3 Å². The second-order valence-electron chi connectivity index (χ2n) is 5.38. The molecule has 1 aromatic rings. The van der Waals surface area contributed by atoms with Gasteiger partial charge in [0, 0.05) is 13.7 Å². The largest absolute Gasteiger partial charge is 0.383 e. The Bertz CT molecular complexity index is 381. The summed E-state index contributed by atoms with van der Waals surface area (Å²) in [5, 5.41) is 15.5. The zero-order chi connectivity index (χ0) is 13.7. The normalized spacial score (nSPS) is 27.0. The molecule has 1 N–H and O–H groups in total. The molecule has 1 fully saturated rings. The van der Waals surface area contributed by atoms with Crippen molar-refractivity contribution in [1.29, 1.82) is 0 Å². The van der Waals surface area contributed by atoms with Crippen LogP contribution in [0.25, 0.3) is 0 Å². The molecule has 0 aliphatic heterocycles. The monoisotopic (exact) mass is 267 g/mol.